The van der Waals surface area contributed by atoms with Crippen molar-refractivity contribution in [3.8, 4) is 0 Å². The van der Waals surface area contributed by atoms with Gasteiger partial charge in [0.05, 0.1) is 6.61 Å². The highest BCUT2D eigenvalue weighted by atomic mass is 16.6. The Morgan fingerprint density at radius 1 is 1.19 bits per heavy atom. The summed E-state index contributed by atoms with van der Waals surface area (Å²) in [6.07, 6.45) is 1.40. The molecule has 0 aromatic carbocycles. The molecular weight excluding hydrogens is 216 g/mol. The van der Waals surface area contributed by atoms with Gasteiger partial charge in [-0.05, 0) is 20.3 Å². The van der Waals surface area contributed by atoms with Crippen LogP contribution >= 0.6 is 0 Å². The first-order chi connectivity index (χ1) is 7.17. The van der Waals surface area contributed by atoms with E-state index in [0.29, 0.717) is 6.42 Å². The van der Waals surface area contributed by atoms with Gasteiger partial charge >= 0.3 is 11.9 Å². The highest BCUT2D eigenvalue weighted by Crippen LogP contribution is 2.23. The van der Waals surface area contributed by atoms with E-state index in [0.717, 1.165) is 20.3 Å². The van der Waals surface area contributed by atoms with Gasteiger partial charge in [0.1, 0.15) is 0 Å². The number of carboxylic acids is 1. The molecule has 2 atom stereocenters. The van der Waals surface area contributed by atoms with E-state index in [9.17, 15) is 19.8 Å². The van der Waals surface area contributed by atoms with Crippen molar-refractivity contribution in [1.29, 1.82) is 0 Å². The highest BCUT2D eigenvalue weighted by Gasteiger charge is 2.54. The molecule has 0 aliphatic rings. The number of hydrogen-bond acceptors (Lipinski definition) is 5. The Hall–Kier alpha value is -1.14. The van der Waals surface area contributed by atoms with Crippen molar-refractivity contribution < 1.29 is 29.6 Å². The summed E-state index contributed by atoms with van der Waals surface area (Å²) in [5.74, 6) is -2.83. The van der Waals surface area contributed by atoms with E-state index in [-0.39, 0.29) is 6.61 Å². The summed E-state index contributed by atoms with van der Waals surface area (Å²) in [7, 11) is 0. The average Bonchev–Trinajstić information content (AvgIpc) is 2.17. The Kier molecular flexibility index (Phi) is 4.89. The first kappa shape index (κ1) is 14.9. The van der Waals surface area contributed by atoms with Crippen molar-refractivity contribution in [3.63, 3.8) is 0 Å². The largest absolute Gasteiger partial charge is 0.479 e. The predicted octanol–water partition coefficient (Wildman–Crippen LogP) is -0.0837. The number of carbonyl (C=O) groups is 2. The van der Waals surface area contributed by atoms with Gasteiger partial charge in [-0.2, -0.15) is 0 Å². The van der Waals surface area contributed by atoms with Crippen molar-refractivity contribution in [2.45, 2.75) is 44.8 Å². The fourth-order valence-corrected chi connectivity index (χ4v) is 0.857. The number of carboxylic acid groups (broad SMARTS) is 1. The van der Waals surface area contributed by atoms with Crippen LogP contribution < -0.4 is 0 Å². The summed E-state index contributed by atoms with van der Waals surface area (Å²) in [5, 5.41) is 27.9. The second kappa shape index (κ2) is 5.27. The van der Waals surface area contributed by atoms with Gasteiger partial charge in [-0.3, -0.25) is 0 Å². The molecule has 0 aliphatic heterocycles. The van der Waals surface area contributed by atoms with Crippen LogP contribution in [0.5, 0.6) is 0 Å². The molecule has 0 amide bonds. The third-order valence-electron chi connectivity index (χ3n) is 2.49. The molecule has 16 heavy (non-hydrogen) atoms. The normalized spacial score (nSPS) is 18.3. The van der Waals surface area contributed by atoms with E-state index in [1.54, 1.807) is 0 Å². The Labute approximate surface area is 93.8 Å². The zero-order valence-corrected chi connectivity index (χ0v) is 9.69. The minimum Gasteiger partial charge on any atom is -0.479 e. The van der Waals surface area contributed by atoms with Crippen LogP contribution in [0.2, 0.25) is 0 Å². The van der Waals surface area contributed by atoms with Gasteiger partial charge < -0.3 is 20.1 Å². The lowest BCUT2D eigenvalue weighted by Gasteiger charge is -2.32. The lowest BCUT2D eigenvalue weighted by molar-refractivity contribution is -0.203. The molecule has 6 heteroatoms. The van der Waals surface area contributed by atoms with Crippen molar-refractivity contribution in [2.24, 2.45) is 0 Å². The quantitative estimate of drug-likeness (QED) is 0.438. The Morgan fingerprint density at radius 2 is 1.69 bits per heavy atom. The number of rotatable bonds is 6. The number of aliphatic carboxylic acids is 1. The SMILES string of the molecule is CCCCOC(=O)C(C)(O)C(C)(O)C(=O)O. The molecule has 0 fully saturated rings. The van der Waals surface area contributed by atoms with E-state index < -0.39 is 23.1 Å². The molecule has 0 saturated heterocycles. The van der Waals surface area contributed by atoms with Gasteiger partial charge in [-0.25, -0.2) is 9.59 Å². The van der Waals surface area contributed by atoms with Gasteiger partial charge in [-0.1, -0.05) is 13.3 Å². The zero-order chi connectivity index (χ0) is 13.0. The van der Waals surface area contributed by atoms with Crippen molar-refractivity contribution in [2.75, 3.05) is 6.61 Å². The van der Waals surface area contributed by atoms with Crippen molar-refractivity contribution in [3.05, 3.63) is 0 Å². The van der Waals surface area contributed by atoms with Crippen LogP contribution in [0.25, 0.3) is 0 Å². The number of aliphatic hydroxyl groups is 2. The summed E-state index contributed by atoms with van der Waals surface area (Å²) in [6, 6.07) is 0. The first-order valence-corrected chi connectivity index (χ1v) is 5.03. The van der Waals surface area contributed by atoms with Crippen LogP contribution in [0.15, 0.2) is 0 Å². The fraction of sp³-hybridized carbons (Fsp3) is 0.800. The lowest BCUT2D eigenvalue weighted by atomic mass is 9.86. The van der Waals surface area contributed by atoms with Crippen LogP contribution in [0.4, 0.5) is 0 Å². The third-order valence-corrected chi connectivity index (χ3v) is 2.49. The van der Waals surface area contributed by atoms with Crippen LogP contribution in [-0.4, -0.2) is 45.1 Å². The van der Waals surface area contributed by atoms with Gasteiger partial charge in [0.25, 0.3) is 0 Å². The second-order valence-corrected chi connectivity index (χ2v) is 3.94. The molecule has 94 valence electrons. The standard InChI is InChI=1S/C10H18O6/c1-4-5-6-16-8(13)10(3,15)9(2,14)7(11)12/h14-15H,4-6H2,1-3H3,(H,11,12). The molecule has 0 saturated carbocycles. The molecule has 0 spiro atoms. The minimum atomic E-state index is -2.59. The van der Waals surface area contributed by atoms with Gasteiger partial charge in [0.2, 0.25) is 0 Å². The monoisotopic (exact) mass is 234 g/mol. The molecular formula is C10H18O6. The number of unbranched alkanes of at least 4 members (excludes halogenated alkanes) is 1. The smallest absolute Gasteiger partial charge is 0.341 e. The maximum absolute atomic E-state index is 11.4. The summed E-state index contributed by atoms with van der Waals surface area (Å²) < 4.78 is 4.67. The van der Waals surface area contributed by atoms with E-state index in [4.69, 9.17) is 5.11 Å². The van der Waals surface area contributed by atoms with Crippen LogP contribution in [0.1, 0.15) is 33.6 Å². The highest BCUT2D eigenvalue weighted by molar-refractivity contribution is 5.90. The summed E-state index contributed by atoms with van der Waals surface area (Å²) >= 11 is 0. The number of carbonyl (C=O) groups excluding carboxylic acids is 1. The zero-order valence-electron chi connectivity index (χ0n) is 9.69. The van der Waals surface area contributed by atoms with Gasteiger partial charge in [0.15, 0.2) is 11.2 Å². The van der Waals surface area contributed by atoms with Gasteiger partial charge in [0, 0.05) is 0 Å². The molecule has 0 aromatic heterocycles. The van der Waals surface area contributed by atoms with Crippen molar-refractivity contribution >= 4 is 11.9 Å². The molecule has 2 unspecified atom stereocenters. The van der Waals surface area contributed by atoms with Crippen molar-refractivity contribution in [1.82, 2.24) is 0 Å². The first-order valence-electron chi connectivity index (χ1n) is 5.03. The molecule has 0 heterocycles. The van der Waals surface area contributed by atoms with Gasteiger partial charge in [-0.15, -0.1) is 0 Å². The molecule has 0 radical (unpaired) electrons. The van der Waals surface area contributed by atoms with Crippen LogP contribution in [0, 0.1) is 0 Å². The maximum atomic E-state index is 11.4. The van der Waals surface area contributed by atoms with E-state index in [1.165, 1.54) is 0 Å². The second-order valence-electron chi connectivity index (χ2n) is 3.94. The molecule has 0 rings (SSSR count). The molecule has 0 bridgehead atoms. The predicted molar refractivity (Wildman–Crippen MR) is 54.8 cm³/mol. The third kappa shape index (κ3) is 2.93. The number of esters is 1. The van der Waals surface area contributed by atoms with Crippen LogP contribution in [-0.2, 0) is 14.3 Å². The van der Waals surface area contributed by atoms with E-state index in [2.05, 4.69) is 4.74 Å². The molecule has 0 aliphatic carbocycles. The fourth-order valence-electron chi connectivity index (χ4n) is 0.857. The summed E-state index contributed by atoms with van der Waals surface area (Å²) in [6.45, 7) is 3.73. The molecule has 3 N–H and O–H groups in total. The topological polar surface area (TPSA) is 104 Å². The maximum Gasteiger partial charge on any atom is 0.341 e. The average molecular weight is 234 g/mol. The minimum absolute atomic E-state index is 0.0845. The Morgan fingerprint density at radius 3 is 2.06 bits per heavy atom. The number of hydrogen-bond donors (Lipinski definition) is 3. The molecule has 0 aromatic rings. The number of ether oxygens (including phenoxy) is 1. The lowest BCUT2D eigenvalue weighted by Crippen LogP contribution is -2.60. The van der Waals surface area contributed by atoms with E-state index >= 15 is 0 Å². The summed E-state index contributed by atoms with van der Waals surface area (Å²) in [4.78, 5) is 22.1. The Bertz CT molecular complexity index is 268. The Balaban J connectivity index is 4.65. The summed E-state index contributed by atoms with van der Waals surface area (Å²) in [5.41, 5.74) is -5.07. The van der Waals surface area contributed by atoms with E-state index in [1.807, 2.05) is 6.92 Å². The molecule has 6 nitrogen and oxygen atoms in total. The van der Waals surface area contributed by atoms with Crippen LogP contribution in [0.3, 0.4) is 0 Å².